The maximum atomic E-state index is 12.4. The smallest absolute Gasteiger partial charge is 0.283 e. The van der Waals surface area contributed by atoms with E-state index < -0.39 is 4.92 Å². The topological polar surface area (TPSA) is 87.2 Å². The first-order valence-electron chi connectivity index (χ1n) is 8.92. The molecule has 2 aromatic carbocycles. The first-order valence-corrected chi connectivity index (χ1v) is 9.73. The van der Waals surface area contributed by atoms with Crippen molar-refractivity contribution in [2.24, 2.45) is 0 Å². The molecule has 0 radical (unpaired) electrons. The number of carbonyl (C=O) groups excluding carboxylic acids is 1. The number of nitro groups is 1. The molecule has 0 saturated carbocycles. The average molecular weight is 393 g/mol. The van der Waals surface area contributed by atoms with Crippen LogP contribution in [0, 0.1) is 28.4 Å². The van der Waals surface area contributed by atoms with Gasteiger partial charge in [0.1, 0.15) is 11.6 Å². The van der Waals surface area contributed by atoms with Gasteiger partial charge in [0.05, 0.1) is 9.82 Å². The van der Waals surface area contributed by atoms with Gasteiger partial charge >= 0.3 is 0 Å². The van der Waals surface area contributed by atoms with Gasteiger partial charge in [0.25, 0.3) is 11.6 Å². The Morgan fingerprint density at radius 1 is 1.21 bits per heavy atom. The highest BCUT2D eigenvalue weighted by atomic mass is 32.2. The second-order valence-electron chi connectivity index (χ2n) is 6.57. The molecule has 0 bridgehead atoms. The monoisotopic (exact) mass is 393 g/mol. The summed E-state index contributed by atoms with van der Waals surface area (Å²) in [5, 5.41) is 20.9. The van der Waals surface area contributed by atoms with Gasteiger partial charge in [-0.15, -0.1) is 0 Å². The van der Waals surface area contributed by atoms with Crippen LogP contribution in [-0.4, -0.2) is 28.8 Å². The average Bonchev–Trinajstić information content (AvgIpc) is 3.23. The number of amides is 1. The minimum atomic E-state index is -0.442. The second kappa shape index (κ2) is 8.72. The van der Waals surface area contributed by atoms with E-state index in [4.69, 9.17) is 0 Å². The van der Waals surface area contributed by atoms with Crippen LogP contribution in [0.25, 0.3) is 6.08 Å². The highest BCUT2D eigenvalue weighted by Crippen LogP contribution is 2.35. The van der Waals surface area contributed by atoms with Crippen LogP contribution >= 0.6 is 11.8 Å². The third-order valence-electron chi connectivity index (χ3n) is 4.48. The van der Waals surface area contributed by atoms with E-state index in [2.05, 4.69) is 0 Å². The molecule has 142 valence electrons. The van der Waals surface area contributed by atoms with Crippen molar-refractivity contribution in [3.05, 3.63) is 69.3 Å². The first kappa shape index (κ1) is 19.6. The number of hydrogen-bond acceptors (Lipinski definition) is 5. The zero-order chi connectivity index (χ0) is 20.1. The lowest BCUT2D eigenvalue weighted by atomic mass is 10.1. The van der Waals surface area contributed by atoms with Crippen LogP contribution in [-0.2, 0) is 4.79 Å². The number of nitriles is 1. The zero-order valence-corrected chi connectivity index (χ0v) is 16.2. The summed E-state index contributed by atoms with van der Waals surface area (Å²) in [6.07, 6.45) is 3.29. The van der Waals surface area contributed by atoms with Crippen LogP contribution in [0.15, 0.2) is 57.8 Å². The molecule has 3 rings (SSSR count). The third-order valence-corrected chi connectivity index (χ3v) is 5.56. The van der Waals surface area contributed by atoms with Crippen LogP contribution < -0.4 is 0 Å². The maximum absolute atomic E-state index is 12.4. The maximum Gasteiger partial charge on any atom is 0.283 e. The van der Waals surface area contributed by atoms with Crippen molar-refractivity contribution >= 4 is 29.4 Å². The molecule has 0 aliphatic carbocycles. The molecule has 28 heavy (non-hydrogen) atoms. The van der Waals surface area contributed by atoms with Gasteiger partial charge in [-0.2, -0.15) is 5.26 Å². The molecule has 0 aromatic heterocycles. The number of nitro benzene ring substituents is 1. The molecule has 0 atom stereocenters. The molecule has 0 unspecified atom stereocenters. The lowest BCUT2D eigenvalue weighted by Gasteiger charge is -2.14. The van der Waals surface area contributed by atoms with Gasteiger partial charge in [-0.3, -0.25) is 14.9 Å². The summed E-state index contributed by atoms with van der Waals surface area (Å²) >= 11 is 1.31. The van der Waals surface area contributed by atoms with Crippen molar-refractivity contribution in [3.63, 3.8) is 0 Å². The van der Waals surface area contributed by atoms with Gasteiger partial charge in [-0.1, -0.05) is 35.5 Å². The molecule has 2 aromatic rings. The molecule has 0 spiro atoms. The SMILES string of the molecule is Cc1ccc(Sc2ccc(/C=C(\C#N)C(=O)N3CCCC3)cc2[N+](=O)[O-])cc1. The molecule has 1 fully saturated rings. The fourth-order valence-corrected chi connectivity index (χ4v) is 3.89. The highest BCUT2D eigenvalue weighted by Gasteiger charge is 2.22. The summed E-state index contributed by atoms with van der Waals surface area (Å²) < 4.78 is 0. The molecule has 1 aliphatic heterocycles. The van der Waals surface area contributed by atoms with Crippen LogP contribution in [0.4, 0.5) is 5.69 Å². The Morgan fingerprint density at radius 3 is 2.50 bits per heavy atom. The molecule has 1 saturated heterocycles. The van der Waals surface area contributed by atoms with Crippen molar-refractivity contribution in [1.82, 2.24) is 4.90 Å². The highest BCUT2D eigenvalue weighted by molar-refractivity contribution is 7.99. The van der Waals surface area contributed by atoms with Gasteiger partial charge in [0, 0.05) is 24.1 Å². The Balaban J connectivity index is 1.89. The van der Waals surface area contributed by atoms with Crippen molar-refractivity contribution in [1.29, 1.82) is 5.26 Å². The van der Waals surface area contributed by atoms with E-state index in [-0.39, 0.29) is 17.2 Å². The summed E-state index contributed by atoms with van der Waals surface area (Å²) in [7, 11) is 0. The fourth-order valence-electron chi connectivity index (χ4n) is 2.99. The van der Waals surface area contributed by atoms with Crippen molar-refractivity contribution in [2.45, 2.75) is 29.6 Å². The minimum absolute atomic E-state index is 0.00450. The van der Waals surface area contributed by atoms with Crippen LogP contribution in [0.5, 0.6) is 0 Å². The molecule has 1 heterocycles. The van der Waals surface area contributed by atoms with Gasteiger partial charge < -0.3 is 4.90 Å². The first-order chi connectivity index (χ1) is 13.5. The molecule has 6 nitrogen and oxygen atoms in total. The standard InChI is InChI=1S/C21H19N3O3S/c1-15-4-7-18(8-5-15)28-20-9-6-16(13-19(20)24(26)27)12-17(14-22)21(25)23-10-2-3-11-23/h4-9,12-13H,2-3,10-11H2,1H3/b17-12+. The lowest BCUT2D eigenvalue weighted by Crippen LogP contribution is -2.28. The number of nitrogens with zero attached hydrogens (tertiary/aromatic N) is 3. The minimum Gasteiger partial charge on any atom is -0.338 e. The Morgan fingerprint density at radius 2 is 1.89 bits per heavy atom. The van der Waals surface area contributed by atoms with E-state index in [1.165, 1.54) is 23.9 Å². The molecule has 1 amide bonds. The second-order valence-corrected chi connectivity index (χ2v) is 7.68. The predicted molar refractivity (Wildman–Crippen MR) is 108 cm³/mol. The molecule has 0 N–H and O–H groups in total. The number of hydrogen-bond donors (Lipinski definition) is 0. The van der Waals surface area contributed by atoms with Crippen LogP contribution in [0.3, 0.4) is 0 Å². The molecule has 1 aliphatic rings. The van der Waals surface area contributed by atoms with Gasteiger partial charge in [-0.05, 0) is 49.6 Å². The van der Waals surface area contributed by atoms with Gasteiger partial charge in [-0.25, -0.2) is 0 Å². The normalized spacial score (nSPS) is 14.0. The Labute approximate surface area is 167 Å². The molecular weight excluding hydrogens is 374 g/mol. The number of aryl methyl sites for hydroxylation is 1. The van der Waals surface area contributed by atoms with E-state index in [1.807, 2.05) is 37.3 Å². The van der Waals surface area contributed by atoms with Crippen molar-refractivity contribution in [2.75, 3.05) is 13.1 Å². The molecular formula is C21H19N3O3S. The number of likely N-dealkylation sites (tertiary alicyclic amines) is 1. The van der Waals surface area contributed by atoms with Crippen molar-refractivity contribution < 1.29 is 9.72 Å². The summed E-state index contributed by atoms with van der Waals surface area (Å²) in [6, 6.07) is 14.4. The van der Waals surface area contributed by atoms with E-state index in [0.29, 0.717) is 23.5 Å². The quantitative estimate of drug-likeness (QED) is 0.321. The van der Waals surface area contributed by atoms with E-state index >= 15 is 0 Å². The summed E-state index contributed by atoms with van der Waals surface area (Å²) in [5.41, 5.74) is 1.52. The number of benzene rings is 2. The van der Waals surface area contributed by atoms with Crippen LogP contribution in [0.1, 0.15) is 24.0 Å². The largest absolute Gasteiger partial charge is 0.338 e. The summed E-state index contributed by atoms with van der Waals surface area (Å²) in [6.45, 7) is 3.27. The van der Waals surface area contributed by atoms with Gasteiger partial charge in [0.2, 0.25) is 0 Å². The molecule has 7 heteroatoms. The Kier molecular flexibility index (Phi) is 6.12. The lowest BCUT2D eigenvalue weighted by molar-refractivity contribution is -0.387. The van der Waals surface area contributed by atoms with E-state index in [1.54, 1.807) is 17.0 Å². The van der Waals surface area contributed by atoms with E-state index in [9.17, 15) is 20.2 Å². The summed E-state index contributed by atoms with van der Waals surface area (Å²) in [5.74, 6) is -0.319. The zero-order valence-electron chi connectivity index (χ0n) is 15.4. The number of carbonyl (C=O) groups is 1. The predicted octanol–water partition coefficient (Wildman–Crippen LogP) is 4.58. The van der Waals surface area contributed by atoms with E-state index in [0.717, 1.165) is 23.3 Å². The fraction of sp³-hybridized carbons (Fsp3) is 0.238. The van der Waals surface area contributed by atoms with Gasteiger partial charge in [0.15, 0.2) is 0 Å². The number of rotatable bonds is 5. The summed E-state index contributed by atoms with van der Waals surface area (Å²) in [4.78, 5) is 26.6. The third kappa shape index (κ3) is 4.59. The van der Waals surface area contributed by atoms with Crippen molar-refractivity contribution in [3.8, 4) is 6.07 Å². The van der Waals surface area contributed by atoms with Crippen LogP contribution in [0.2, 0.25) is 0 Å². The Bertz CT molecular complexity index is 971. The Hall–Kier alpha value is -3.11.